The number of nitrogens with zero attached hydrogens (tertiary/aromatic N) is 3. The van der Waals surface area contributed by atoms with Crippen LogP contribution < -0.4 is 5.32 Å². The standard InChI is InChI=1S/C24H30N4O3/c1-15(2)22(23-25-19-9-5-6-10-20(19)28(23)16(3)4)26-24(30)17-12-21(29)27(13-17)14-18-8-7-11-31-18/h5-11,15-17,22H,12-14H2,1-4H3,(H,26,30)/t17-,22-/m1/s1. The number of hydrogen-bond donors (Lipinski definition) is 1. The second kappa shape index (κ2) is 8.57. The molecule has 0 spiro atoms. The molecular weight excluding hydrogens is 392 g/mol. The first-order valence-electron chi connectivity index (χ1n) is 10.9. The zero-order chi connectivity index (χ0) is 22.1. The van der Waals surface area contributed by atoms with Crippen LogP contribution in [0.2, 0.25) is 0 Å². The fraction of sp³-hybridized carbons (Fsp3) is 0.458. The highest BCUT2D eigenvalue weighted by Crippen LogP contribution is 2.30. The van der Waals surface area contributed by atoms with E-state index in [-0.39, 0.29) is 42.2 Å². The van der Waals surface area contributed by atoms with E-state index in [0.29, 0.717) is 13.1 Å². The number of rotatable bonds is 7. The number of fused-ring (bicyclic) bond motifs is 1. The maximum absolute atomic E-state index is 13.2. The Kier molecular flexibility index (Phi) is 5.85. The van der Waals surface area contributed by atoms with Crippen LogP contribution in [0.5, 0.6) is 0 Å². The smallest absolute Gasteiger partial charge is 0.226 e. The molecule has 7 nitrogen and oxygen atoms in total. The molecule has 164 valence electrons. The van der Waals surface area contributed by atoms with E-state index in [1.165, 1.54) is 0 Å². The highest BCUT2D eigenvalue weighted by atomic mass is 16.3. The number of imidazole rings is 1. The molecule has 3 aromatic rings. The Morgan fingerprint density at radius 3 is 2.65 bits per heavy atom. The normalized spacial score (nSPS) is 17.8. The van der Waals surface area contributed by atoms with Crippen molar-refractivity contribution in [1.29, 1.82) is 0 Å². The SMILES string of the molecule is CC(C)[C@@H](NC(=O)[C@@H]1CC(=O)N(Cc2ccco2)C1)c1nc2ccccc2n1C(C)C. The third-order valence-electron chi connectivity index (χ3n) is 5.89. The molecule has 0 aliphatic carbocycles. The number of likely N-dealkylation sites (tertiary alicyclic amines) is 1. The molecule has 1 N–H and O–H groups in total. The van der Waals surface area contributed by atoms with Crippen LogP contribution in [-0.4, -0.2) is 32.8 Å². The minimum absolute atomic E-state index is 0.0212. The third-order valence-corrected chi connectivity index (χ3v) is 5.89. The maximum Gasteiger partial charge on any atom is 0.226 e. The van der Waals surface area contributed by atoms with Gasteiger partial charge in [0.15, 0.2) is 0 Å². The molecule has 31 heavy (non-hydrogen) atoms. The van der Waals surface area contributed by atoms with Crippen molar-refractivity contribution in [2.45, 2.75) is 52.7 Å². The number of nitrogens with one attached hydrogen (secondary N) is 1. The molecule has 0 radical (unpaired) electrons. The van der Waals surface area contributed by atoms with E-state index < -0.39 is 0 Å². The first-order chi connectivity index (χ1) is 14.8. The first kappa shape index (κ1) is 21.2. The van der Waals surface area contributed by atoms with Gasteiger partial charge in [0.2, 0.25) is 11.8 Å². The van der Waals surface area contributed by atoms with Crippen molar-refractivity contribution in [2.75, 3.05) is 6.54 Å². The maximum atomic E-state index is 13.2. The molecule has 2 aromatic heterocycles. The van der Waals surface area contributed by atoms with Crippen molar-refractivity contribution in [1.82, 2.24) is 19.8 Å². The topological polar surface area (TPSA) is 80.4 Å². The summed E-state index contributed by atoms with van der Waals surface area (Å²) in [5.41, 5.74) is 1.99. The number of amides is 2. The molecule has 1 saturated heterocycles. The highest BCUT2D eigenvalue weighted by molar-refractivity contribution is 5.89. The molecule has 1 aliphatic heterocycles. The van der Waals surface area contributed by atoms with Gasteiger partial charge in [0.1, 0.15) is 11.6 Å². The predicted octanol–water partition coefficient (Wildman–Crippen LogP) is 4.07. The molecule has 0 bridgehead atoms. The summed E-state index contributed by atoms with van der Waals surface area (Å²) in [6.07, 6.45) is 1.81. The fourth-order valence-electron chi connectivity index (χ4n) is 4.32. The van der Waals surface area contributed by atoms with Crippen LogP contribution in [0.4, 0.5) is 0 Å². The Bertz CT molecular complexity index is 1070. The number of furan rings is 1. The van der Waals surface area contributed by atoms with Gasteiger partial charge in [-0.05, 0) is 44.0 Å². The van der Waals surface area contributed by atoms with Crippen molar-refractivity contribution < 1.29 is 14.0 Å². The Hall–Kier alpha value is -3.09. The van der Waals surface area contributed by atoms with Crippen LogP contribution in [0.3, 0.4) is 0 Å². The van der Waals surface area contributed by atoms with Crippen LogP contribution in [0.1, 0.15) is 57.8 Å². The van der Waals surface area contributed by atoms with E-state index in [0.717, 1.165) is 22.6 Å². The molecule has 0 saturated carbocycles. The number of carbonyl (C=O) groups excluding carboxylic acids is 2. The average Bonchev–Trinajstić information content (AvgIpc) is 3.45. The Morgan fingerprint density at radius 1 is 1.19 bits per heavy atom. The molecule has 1 aromatic carbocycles. The Morgan fingerprint density at radius 2 is 1.97 bits per heavy atom. The van der Waals surface area contributed by atoms with Crippen LogP contribution in [0.25, 0.3) is 11.0 Å². The number of benzene rings is 1. The Balaban J connectivity index is 1.54. The predicted molar refractivity (Wildman–Crippen MR) is 118 cm³/mol. The second-order valence-electron chi connectivity index (χ2n) is 8.91. The van der Waals surface area contributed by atoms with Crippen LogP contribution >= 0.6 is 0 Å². The molecule has 2 amide bonds. The monoisotopic (exact) mass is 422 g/mol. The number of carbonyl (C=O) groups is 2. The van der Waals surface area contributed by atoms with E-state index in [9.17, 15) is 9.59 Å². The van der Waals surface area contributed by atoms with Crippen molar-refractivity contribution in [2.24, 2.45) is 11.8 Å². The molecule has 0 unspecified atom stereocenters. The summed E-state index contributed by atoms with van der Waals surface area (Å²) < 4.78 is 7.55. The van der Waals surface area contributed by atoms with Crippen molar-refractivity contribution in [3.05, 3.63) is 54.2 Å². The van der Waals surface area contributed by atoms with Gasteiger partial charge < -0.3 is 19.2 Å². The zero-order valence-electron chi connectivity index (χ0n) is 18.5. The largest absolute Gasteiger partial charge is 0.467 e. The van der Waals surface area contributed by atoms with Crippen molar-refractivity contribution in [3.8, 4) is 0 Å². The lowest BCUT2D eigenvalue weighted by atomic mass is 10.0. The minimum Gasteiger partial charge on any atom is -0.467 e. The summed E-state index contributed by atoms with van der Waals surface area (Å²) in [7, 11) is 0. The van der Waals surface area contributed by atoms with E-state index in [4.69, 9.17) is 9.40 Å². The molecule has 7 heteroatoms. The van der Waals surface area contributed by atoms with Crippen LogP contribution in [0, 0.1) is 11.8 Å². The summed E-state index contributed by atoms with van der Waals surface area (Å²) in [5, 5.41) is 3.21. The summed E-state index contributed by atoms with van der Waals surface area (Å²) in [6.45, 7) is 9.21. The zero-order valence-corrected chi connectivity index (χ0v) is 18.5. The van der Waals surface area contributed by atoms with Crippen LogP contribution in [0.15, 0.2) is 47.1 Å². The van der Waals surface area contributed by atoms with Gasteiger partial charge in [-0.2, -0.15) is 0 Å². The van der Waals surface area contributed by atoms with Gasteiger partial charge in [0, 0.05) is 19.0 Å². The lowest BCUT2D eigenvalue weighted by Crippen LogP contribution is -2.38. The quantitative estimate of drug-likeness (QED) is 0.622. The lowest BCUT2D eigenvalue weighted by molar-refractivity contribution is -0.129. The van der Waals surface area contributed by atoms with Gasteiger partial charge in [0.05, 0.1) is 35.8 Å². The third kappa shape index (κ3) is 4.22. The first-order valence-corrected chi connectivity index (χ1v) is 10.9. The van der Waals surface area contributed by atoms with Gasteiger partial charge in [-0.1, -0.05) is 26.0 Å². The number of para-hydroxylation sites is 2. The number of aromatic nitrogens is 2. The average molecular weight is 423 g/mol. The molecule has 1 fully saturated rings. The van der Waals surface area contributed by atoms with E-state index in [1.54, 1.807) is 17.2 Å². The highest BCUT2D eigenvalue weighted by Gasteiger charge is 2.36. The van der Waals surface area contributed by atoms with Crippen LogP contribution in [-0.2, 0) is 16.1 Å². The van der Waals surface area contributed by atoms with Crippen molar-refractivity contribution in [3.63, 3.8) is 0 Å². The lowest BCUT2D eigenvalue weighted by Gasteiger charge is -2.26. The summed E-state index contributed by atoms with van der Waals surface area (Å²) >= 11 is 0. The second-order valence-corrected chi connectivity index (χ2v) is 8.91. The van der Waals surface area contributed by atoms with Gasteiger partial charge in [0.25, 0.3) is 0 Å². The molecule has 2 atom stereocenters. The van der Waals surface area contributed by atoms with Crippen molar-refractivity contribution >= 4 is 22.8 Å². The van der Waals surface area contributed by atoms with Gasteiger partial charge >= 0.3 is 0 Å². The minimum atomic E-state index is -0.374. The van der Waals surface area contributed by atoms with Gasteiger partial charge in [-0.25, -0.2) is 4.98 Å². The summed E-state index contributed by atoms with van der Waals surface area (Å²) in [6, 6.07) is 11.7. The van der Waals surface area contributed by atoms with E-state index >= 15 is 0 Å². The summed E-state index contributed by atoms with van der Waals surface area (Å²) in [4.78, 5) is 32.2. The molecular formula is C24H30N4O3. The van der Waals surface area contributed by atoms with Gasteiger partial charge in [-0.3, -0.25) is 9.59 Å². The van der Waals surface area contributed by atoms with Gasteiger partial charge in [-0.15, -0.1) is 0 Å². The van der Waals surface area contributed by atoms with E-state index in [1.807, 2.05) is 24.3 Å². The molecule has 3 heterocycles. The Labute approximate surface area is 182 Å². The van der Waals surface area contributed by atoms with E-state index in [2.05, 4.69) is 43.6 Å². The number of hydrogen-bond acceptors (Lipinski definition) is 4. The summed E-state index contributed by atoms with van der Waals surface area (Å²) in [5.74, 6) is 1.23. The molecule has 1 aliphatic rings. The fourth-order valence-corrected chi connectivity index (χ4v) is 4.32. The molecule has 4 rings (SSSR count).